The minimum absolute atomic E-state index is 0.144. The van der Waals surface area contributed by atoms with Gasteiger partial charge in [-0.2, -0.15) is 0 Å². The SMILES string of the molecule is C=C(c1scc(C(=O)NCc2c(C)cc(C)[nH]c2=O)c1C)C1CCNCC1. The summed E-state index contributed by atoms with van der Waals surface area (Å²) >= 11 is 1.59. The van der Waals surface area contributed by atoms with E-state index in [-0.39, 0.29) is 18.0 Å². The van der Waals surface area contributed by atoms with Gasteiger partial charge < -0.3 is 15.6 Å². The number of aromatic amines is 1. The Kier molecular flexibility index (Phi) is 5.97. The van der Waals surface area contributed by atoms with Gasteiger partial charge >= 0.3 is 0 Å². The number of pyridine rings is 1. The van der Waals surface area contributed by atoms with Crippen LogP contribution in [0.4, 0.5) is 0 Å². The van der Waals surface area contributed by atoms with E-state index in [1.807, 2.05) is 32.2 Å². The van der Waals surface area contributed by atoms with Crippen LogP contribution in [0.15, 0.2) is 22.8 Å². The monoisotopic (exact) mass is 385 g/mol. The zero-order valence-corrected chi connectivity index (χ0v) is 17.0. The normalized spacial score (nSPS) is 14.9. The van der Waals surface area contributed by atoms with Crippen LogP contribution < -0.4 is 16.2 Å². The van der Waals surface area contributed by atoms with Crippen LogP contribution in [0.1, 0.15) is 50.5 Å². The second-order valence-corrected chi connectivity index (χ2v) is 8.16. The van der Waals surface area contributed by atoms with Crippen molar-refractivity contribution in [3.05, 3.63) is 61.2 Å². The van der Waals surface area contributed by atoms with E-state index >= 15 is 0 Å². The number of H-pyrrole nitrogens is 1. The number of aryl methyl sites for hydroxylation is 2. The molecule has 1 aliphatic heterocycles. The third-order valence-corrected chi connectivity index (χ3v) is 6.48. The molecule has 3 heterocycles. The number of rotatable bonds is 5. The number of hydrogen-bond donors (Lipinski definition) is 3. The van der Waals surface area contributed by atoms with Gasteiger partial charge in [0.05, 0.1) is 5.56 Å². The molecule has 0 saturated carbocycles. The first-order chi connectivity index (χ1) is 12.9. The van der Waals surface area contributed by atoms with Crippen molar-refractivity contribution in [2.75, 3.05) is 13.1 Å². The second-order valence-electron chi connectivity index (χ2n) is 7.28. The molecular formula is C21H27N3O2S. The van der Waals surface area contributed by atoms with E-state index in [1.54, 1.807) is 11.3 Å². The van der Waals surface area contributed by atoms with Gasteiger partial charge in [0.1, 0.15) is 0 Å². The topological polar surface area (TPSA) is 74.0 Å². The van der Waals surface area contributed by atoms with Gasteiger partial charge in [-0.25, -0.2) is 0 Å². The Morgan fingerprint density at radius 1 is 1.30 bits per heavy atom. The first-order valence-electron chi connectivity index (χ1n) is 9.34. The minimum atomic E-state index is -0.146. The maximum absolute atomic E-state index is 12.7. The predicted molar refractivity (Wildman–Crippen MR) is 111 cm³/mol. The third kappa shape index (κ3) is 4.22. The van der Waals surface area contributed by atoms with E-state index in [0.717, 1.165) is 53.2 Å². The lowest BCUT2D eigenvalue weighted by Crippen LogP contribution is -2.28. The van der Waals surface area contributed by atoms with Crippen molar-refractivity contribution in [2.45, 2.75) is 40.2 Å². The summed E-state index contributed by atoms with van der Waals surface area (Å²) in [5, 5.41) is 8.17. The number of piperidine rings is 1. The van der Waals surface area contributed by atoms with Gasteiger partial charge in [-0.3, -0.25) is 9.59 Å². The van der Waals surface area contributed by atoms with Crippen LogP contribution >= 0.6 is 11.3 Å². The van der Waals surface area contributed by atoms with Crippen molar-refractivity contribution in [3.63, 3.8) is 0 Å². The van der Waals surface area contributed by atoms with Crippen LogP contribution in [0.2, 0.25) is 0 Å². The van der Waals surface area contributed by atoms with Crippen molar-refractivity contribution in [3.8, 4) is 0 Å². The number of aromatic nitrogens is 1. The average molecular weight is 386 g/mol. The highest BCUT2D eigenvalue weighted by Crippen LogP contribution is 2.35. The lowest BCUT2D eigenvalue weighted by atomic mass is 9.88. The highest BCUT2D eigenvalue weighted by Gasteiger charge is 2.22. The zero-order chi connectivity index (χ0) is 19.6. The molecule has 0 radical (unpaired) electrons. The molecule has 0 aliphatic carbocycles. The molecule has 3 N–H and O–H groups in total. The van der Waals surface area contributed by atoms with Crippen molar-refractivity contribution < 1.29 is 4.79 Å². The van der Waals surface area contributed by atoms with Gasteiger partial charge in [-0.05, 0) is 75.4 Å². The molecular weight excluding hydrogens is 358 g/mol. The van der Waals surface area contributed by atoms with Crippen LogP contribution in [0.3, 0.4) is 0 Å². The standard InChI is InChI=1S/C21H27N3O2S/c1-12-9-13(2)24-21(26)17(12)10-23-20(25)18-11-27-19(15(18)4)14(3)16-5-7-22-8-6-16/h9,11,16,22H,3,5-8,10H2,1-2,4H3,(H,23,25)(H,24,26). The van der Waals surface area contributed by atoms with Crippen LogP contribution in [0, 0.1) is 26.7 Å². The molecule has 27 heavy (non-hydrogen) atoms. The van der Waals surface area contributed by atoms with Crippen LogP contribution in [0.25, 0.3) is 5.57 Å². The van der Waals surface area contributed by atoms with Crippen LogP contribution in [-0.4, -0.2) is 24.0 Å². The molecule has 5 nitrogen and oxygen atoms in total. The number of nitrogens with one attached hydrogen (secondary N) is 3. The highest BCUT2D eigenvalue weighted by molar-refractivity contribution is 7.11. The van der Waals surface area contributed by atoms with Gasteiger partial charge in [-0.15, -0.1) is 11.3 Å². The van der Waals surface area contributed by atoms with Crippen molar-refractivity contribution in [1.29, 1.82) is 0 Å². The molecule has 0 bridgehead atoms. The fourth-order valence-corrected chi connectivity index (χ4v) is 4.80. The number of allylic oxidation sites excluding steroid dienone is 1. The molecule has 1 saturated heterocycles. The number of carbonyl (C=O) groups excluding carboxylic acids is 1. The van der Waals surface area contributed by atoms with Crippen molar-refractivity contribution in [1.82, 2.24) is 15.6 Å². The summed E-state index contributed by atoms with van der Waals surface area (Å²) in [4.78, 5) is 28.7. The van der Waals surface area contributed by atoms with E-state index < -0.39 is 0 Å². The Morgan fingerprint density at radius 3 is 2.67 bits per heavy atom. The van der Waals surface area contributed by atoms with Crippen LogP contribution in [0.5, 0.6) is 0 Å². The number of amides is 1. The van der Waals surface area contributed by atoms with E-state index in [4.69, 9.17) is 0 Å². The van der Waals surface area contributed by atoms with Gasteiger partial charge in [-0.1, -0.05) is 6.58 Å². The Hall–Kier alpha value is -2.18. The maximum Gasteiger partial charge on any atom is 0.253 e. The van der Waals surface area contributed by atoms with Gasteiger partial charge in [0.15, 0.2) is 0 Å². The summed E-state index contributed by atoms with van der Waals surface area (Å²) in [7, 11) is 0. The first kappa shape index (κ1) is 19.6. The molecule has 1 amide bonds. The van der Waals surface area contributed by atoms with Gasteiger partial charge in [0.25, 0.3) is 11.5 Å². The number of hydrogen-bond acceptors (Lipinski definition) is 4. The first-order valence-corrected chi connectivity index (χ1v) is 10.2. The molecule has 3 rings (SSSR count). The molecule has 0 unspecified atom stereocenters. The van der Waals surface area contributed by atoms with Crippen LogP contribution in [-0.2, 0) is 6.54 Å². The smallest absolute Gasteiger partial charge is 0.253 e. The molecule has 2 aromatic heterocycles. The Labute approximate surface area is 163 Å². The van der Waals surface area contributed by atoms with E-state index in [0.29, 0.717) is 17.0 Å². The average Bonchev–Trinajstić information content (AvgIpc) is 3.02. The summed E-state index contributed by atoms with van der Waals surface area (Å²) in [6.45, 7) is 12.3. The fourth-order valence-electron chi connectivity index (χ4n) is 3.68. The zero-order valence-electron chi connectivity index (χ0n) is 16.2. The Morgan fingerprint density at radius 2 is 2.00 bits per heavy atom. The number of carbonyl (C=O) groups is 1. The quantitative estimate of drug-likeness (QED) is 0.739. The molecule has 0 atom stereocenters. The van der Waals surface area contributed by atoms with Gasteiger partial charge in [0.2, 0.25) is 0 Å². The van der Waals surface area contributed by atoms with E-state index in [2.05, 4.69) is 22.2 Å². The van der Waals surface area contributed by atoms with Crippen molar-refractivity contribution in [2.24, 2.45) is 5.92 Å². The molecule has 2 aromatic rings. The molecule has 1 aliphatic rings. The Bertz CT molecular complexity index is 920. The third-order valence-electron chi connectivity index (χ3n) is 5.33. The minimum Gasteiger partial charge on any atom is -0.348 e. The molecule has 0 aromatic carbocycles. The molecule has 144 valence electrons. The summed E-state index contributed by atoms with van der Waals surface area (Å²) in [5.74, 6) is 0.334. The maximum atomic E-state index is 12.7. The summed E-state index contributed by atoms with van der Waals surface area (Å²) < 4.78 is 0. The molecule has 1 fully saturated rings. The second kappa shape index (κ2) is 8.23. The predicted octanol–water partition coefficient (Wildman–Crippen LogP) is 3.30. The largest absolute Gasteiger partial charge is 0.348 e. The summed E-state index contributed by atoms with van der Waals surface area (Å²) in [6.07, 6.45) is 2.18. The lowest BCUT2D eigenvalue weighted by Gasteiger charge is -2.24. The van der Waals surface area contributed by atoms with E-state index in [9.17, 15) is 9.59 Å². The lowest BCUT2D eigenvalue weighted by molar-refractivity contribution is 0.0950. The Balaban J connectivity index is 1.72. The fraction of sp³-hybridized carbons (Fsp3) is 0.429. The van der Waals surface area contributed by atoms with E-state index in [1.165, 1.54) is 0 Å². The van der Waals surface area contributed by atoms with Crippen molar-refractivity contribution >= 4 is 22.8 Å². The number of thiophene rings is 1. The summed E-state index contributed by atoms with van der Waals surface area (Å²) in [5.41, 5.74) is 4.96. The highest BCUT2D eigenvalue weighted by atomic mass is 32.1. The van der Waals surface area contributed by atoms with Gasteiger partial charge in [0, 0.05) is 28.1 Å². The molecule has 6 heteroatoms. The summed E-state index contributed by atoms with van der Waals surface area (Å²) in [6, 6.07) is 1.92. The molecule has 0 spiro atoms.